The van der Waals surface area contributed by atoms with Gasteiger partial charge in [-0.15, -0.1) is 0 Å². The zero-order valence-corrected chi connectivity index (χ0v) is 8.90. The molecule has 86 valence electrons. The second kappa shape index (κ2) is 3.56. The van der Waals surface area contributed by atoms with Crippen molar-refractivity contribution in [1.29, 1.82) is 0 Å². The van der Waals surface area contributed by atoms with E-state index in [1.54, 1.807) is 6.92 Å². The molecule has 0 atom stereocenters. The molecule has 0 amide bonds. The highest BCUT2D eigenvalue weighted by Crippen LogP contribution is 2.45. The van der Waals surface area contributed by atoms with Gasteiger partial charge in [-0.25, -0.2) is 4.39 Å². The van der Waals surface area contributed by atoms with Crippen LogP contribution in [0.1, 0.15) is 24.0 Å². The summed E-state index contributed by atoms with van der Waals surface area (Å²) in [7, 11) is 0. The highest BCUT2D eigenvalue weighted by molar-refractivity contribution is 5.83. The molecule has 16 heavy (non-hydrogen) atoms. The zero-order valence-electron chi connectivity index (χ0n) is 8.90. The molecule has 0 aromatic heterocycles. The van der Waals surface area contributed by atoms with Gasteiger partial charge >= 0.3 is 5.97 Å². The van der Waals surface area contributed by atoms with E-state index in [-0.39, 0.29) is 18.7 Å². The third-order valence-electron chi connectivity index (χ3n) is 3.28. The Morgan fingerprint density at radius 2 is 2.12 bits per heavy atom. The number of carboxylic acids is 1. The van der Waals surface area contributed by atoms with Gasteiger partial charge < -0.3 is 10.2 Å². The molecule has 1 aliphatic rings. The van der Waals surface area contributed by atoms with Crippen molar-refractivity contribution in [2.24, 2.45) is 0 Å². The Hall–Kier alpha value is -1.42. The van der Waals surface area contributed by atoms with Crippen molar-refractivity contribution in [3.05, 3.63) is 35.1 Å². The molecule has 1 aromatic carbocycles. The molecule has 0 aliphatic heterocycles. The van der Waals surface area contributed by atoms with Crippen molar-refractivity contribution in [3.63, 3.8) is 0 Å². The fourth-order valence-electron chi connectivity index (χ4n) is 2.42. The van der Waals surface area contributed by atoms with Gasteiger partial charge in [0.15, 0.2) is 0 Å². The summed E-state index contributed by atoms with van der Waals surface area (Å²) in [5.41, 5.74) is 0.193. The Morgan fingerprint density at radius 3 is 2.56 bits per heavy atom. The standard InChI is InChI=1S/C12H13FO3/c1-7-4-8(13)2-3-10(7)12(11(15)16)5-9(14)6-12/h2-4,9,14H,5-6H2,1H3,(H,15,16). The summed E-state index contributed by atoms with van der Waals surface area (Å²) in [6, 6.07) is 4.09. The van der Waals surface area contributed by atoms with Crippen LogP contribution in [0, 0.1) is 12.7 Å². The lowest BCUT2D eigenvalue weighted by Gasteiger charge is -2.42. The van der Waals surface area contributed by atoms with Crippen LogP contribution in [-0.2, 0) is 10.2 Å². The number of halogens is 1. The summed E-state index contributed by atoms with van der Waals surface area (Å²) in [6.45, 7) is 1.69. The van der Waals surface area contributed by atoms with E-state index in [1.165, 1.54) is 18.2 Å². The predicted octanol–water partition coefficient (Wildman–Crippen LogP) is 1.61. The van der Waals surface area contributed by atoms with Gasteiger partial charge in [-0.3, -0.25) is 4.79 Å². The van der Waals surface area contributed by atoms with E-state index in [9.17, 15) is 19.4 Å². The van der Waals surface area contributed by atoms with Crippen LogP contribution in [0.15, 0.2) is 18.2 Å². The van der Waals surface area contributed by atoms with Crippen molar-refractivity contribution >= 4 is 5.97 Å². The Kier molecular flexibility index (Phi) is 2.46. The minimum atomic E-state index is -1.03. The Morgan fingerprint density at radius 1 is 1.50 bits per heavy atom. The molecule has 0 bridgehead atoms. The largest absolute Gasteiger partial charge is 0.481 e. The first-order valence-corrected chi connectivity index (χ1v) is 5.14. The third kappa shape index (κ3) is 1.50. The summed E-state index contributed by atoms with van der Waals surface area (Å²) < 4.78 is 12.9. The maximum Gasteiger partial charge on any atom is 0.314 e. The quantitative estimate of drug-likeness (QED) is 0.802. The van der Waals surface area contributed by atoms with Gasteiger partial charge in [-0.2, -0.15) is 0 Å². The lowest BCUT2D eigenvalue weighted by molar-refractivity contribution is -0.153. The van der Waals surface area contributed by atoms with Crippen LogP contribution in [0.3, 0.4) is 0 Å². The summed E-state index contributed by atoms with van der Waals surface area (Å²) in [5.74, 6) is -1.32. The summed E-state index contributed by atoms with van der Waals surface area (Å²) >= 11 is 0. The number of carboxylic acid groups (broad SMARTS) is 1. The number of benzene rings is 1. The van der Waals surface area contributed by atoms with Crippen molar-refractivity contribution in [3.8, 4) is 0 Å². The second-order valence-corrected chi connectivity index (χ2v) is 4.41. The first-order chi connectivity index (χ1) is 7.45. The molecule has 0 unspecified atom stereocenters. The molecule has 2 rings (SSSR count). The highest BCUT2D eigenvalue weighted by Gasteiger charge is 2.51. The van der Waals surface area contributed by atoms with Crippen LogP contribution in [0.4, 0.5) is 4.39 Å². The molecule has 0 spiro atoms. The highest BCUT2D eigenvalue weighted by atomic mass is 19.1. The minimum Gasteiger partial charge on any atom is -0.481 e. The molecule has 1 saturated carbocycles. The van der Waals surface area contributed by atoms with Gasteiger partial charge in [-0.05, 0) is 43.0 Å². The number of aliphatic hydroxyl groups is 1. The topological polar surface area (TPSA) is 57.5 Å². The number of aliphatic carboxylic acids is 1. The smallest absolute Gasteiger partial charge is 0.314 e. The van der Waals surface area contributed by atoms with Crippen LogP contribution in [0.5, 0.6) is 0 Å². The SMILES string of the molecule is Cc1cc(F)ccc1C1(C(=O)O)CC(O)C1. The number of aliphatic hydroxyl groups excluding tert-OH is 1. The fraction of sp³-hybridized carbons (Fsp3) is 0.417. The number of carbonyl (C=O) groups is 1. The van der Waals surface area contributed by atoms with E-state index in [1.807, 2.05) is 0 Å². The molecule has 0 radical (unpaired) electrons. The first kappa shape index (κ1) is 11.1. The van der Waals surface area contributed by atoms with E-state index in [2.05, 4.69) is 0 Å². The van der Waals surface area contributed by atoms with E-state index < -0.39 is 17.5 Å². The number of hydrogen-bond acceptors (Lipinski definition) is 2. The average molecular weight is 224 g/mol. The van der Waals surface area contributed by atoms with E-state index in [0.717, 1.165) is 0 Å². The van der Waals surface area contributed by atoms with E-state index >= 15 is 0 Å². The lowest BCUT2D eigenvalue weighted by atomic mass is 9.62. The van der Waals surface area contributed by atoms with E-state index in [4.69, 9.17) is 0 Å². The molecule has 0 heterocycles. The van der Waals surface area contributed by atoms with Crippen LogP contribution < -0.4 is 0 Å². The predicted molar refractivity (Wildman–Crippen MR) is 55.7 cm³/mol. The normalized spacial score (nSPS) is 28.6. The summed E-state index contributed by atoms with van der Waals surface area (Å²) in [6.07, 6.45) is -0.163. The van der Waals surface area contributed by atoms with Gasteiger partial charge in [0.1, 0.15) is 5.82 Å². The van der Waals surface area contributed by atoms with Crippen molar-refractivity contribution in [2.45, 2.75) is 31.3 Å². The van der Waals surface area contributed by atoms with Crippen LogP contribution in [-0.4, -0.2) is 22.3 Å². The maximum absolute atomic E-state index is 12.9. The van der Waals surface area contributed by atoms with Crippen LogP contribution in [0.25, 0.3) is 0 Å². The van der Waals surface area contributed by atoms with Crippen molar-refractivity contribution in [2.75, 3.05) is 0 Å². The number of aryl methyl sites for hydroxylation is 1. The molecule has 4 heteroatoms. The molecule has 1 aliphatic carbocycles. The summed E-state index contributed by atoms with van der Waals surface area (Å²) in [5, 5.41) is 18.5. The van der Waals surface area contributed by atoms with E-state index in [0.29, 0.717) is 11.1 Å². The van der Waals surface area contributed by atoms with Crippen molar-refractivity contribution < 1.29 is 19.4 Å². The molecule has 3 nitrogen and oxygen atoms in total. The van der Waals surface area contributed by atoms with Gasteiger partial charge in [0.25, 0.3) is 0 Å². The van der Waals surface area contributed by atoms with Gasteiger partial charge in [0.2, 0.25) is 0 Å². The third-order valence-corrected chi connectivity index (χ3v) is 3.28. The Balaban J connectivity index is 2.45. The molecule has 1 aromatic rings. The monoisotopic (exact) mass is 224 g/mol. The van der Waals surface area contributed by atoms with Crippen LogP contribution >= 0.6 is 0 Å². The fourth-order valence-corrected chi connectivity index (χ4v) is 2.42. The van der Waals surface area contributed by atoms with Gasteiger partial charge in [0, 0.05) is 0 Å². The number of rotatable bonds is 2. The molecular formula is C12H13FO3. The zero-order chi connectivity index (χ0) is 11.9. The molecule has 1 fully saturated rings. The Bertz CT molecular complexity index is 436. The first-order valence-electron chi connectivity index (χ1n) is 5.14. The second-order valence-electron chi connectivity index (χ2n) is 4.41. The maximum atomic E-state index is 12.9. The van der Waals surface area contributed by atoms with Crippen LogP contribution in [0.2, 0.25) is 0 Å². The Labute approximate surface area is 92.5 Å². The lowest BCUT2D eigenvalue weighted by Crippen LogP contribution is -2.51. The average Bonchev–Trinajstić information content (AvgIpc) is 2.12. The van der Waals surface area contributed by atoms with Crippen molar-refractivity contribution in [1.82, 2.24) is 0 Å². The van der Waals surface area contributed by atoms with Gasteiger partial charge in [-0.1, -0.05) is 6.07 Å². The molecule has 2 N–H and O–H groups in total. The van der Waals surface area contributed by atoms with Gasteiger partial charge in [0.05, 0.1) is 11.5 Å². The molecule has 0 saturated heterocycles. The minimum absolute atomic E-state index is 0.203. The molecular weight excluding hydrogens is 211 g/mol. The summed E-state index contributed by atoms with van der Waals surface area (Å²) in [4.78, 5) is 11.3. The number of hydrogen-bond donors (Lipinski definition) is 2.